The van der Waals surface area contributed by atoms with Crippen LogP contribution in [0.25, 0.3) is 0 Å². The average Bonchev–Trinajstić information content (AvgIpc) is 3.51. The Labute approximate surface area is 155 Å². The van der Waals surface area contributed by atoms with Crippen LogP contribution in [0.2, 0.25) is 0 Å². The van der Waals surface area contributed by atoms with E-state index in [0.29, 0.717) is 18.0 Å². The fourth-order valence-corrected chi connectivity index (χ4v) is 3.28. The third kappa shape index (κ3) is 4.01. The molecule has 0 heterocycles. The molecule has 1 fully saturated rings. The van der Waals surface area contributed by atoms with E-state index in [-0.39, 0.29) is 11.9 Å². The molecule has 138 valence electrons. The summed E-state index contributed by atoms with van der Waals surface area (Å²) in [5.41, 5.74) is 2.81. The van der Waals surface area contributed by atoms with Gasteiger partial charge in [-0.15, -0.1) is 0 Å². The van der Waals surface area contributed by atoms with Crippen molar-refractivity contribution >= 4 is 5.91 Å². The largest absolute Gasteiger partial charge is 0.497 e. The highest BCUT2D eigenvalue weighted by molar-refractivity contribution is 5.95. The van der Waals surface area contributed by atoms with Crippen LogP contribution in [0.1, 0.15) is 41.3 Å². The third-order valence-corrected chi connectivity index (χ3v) is 5.22. The Morgan fingerprint density at radius 1 is 1.12 bits per heavy atom. The first-order valence-corrected chi connectivity index (χ1v) is 9.12. The topological polar surface area (TPSA) is 38.8 Å². The molecule has 2 aromatic rings. The zero-order valence-electron chi connectivity index (χ0n) is 16.0. The normalized spacial score (nSPS) is 14.6. The number of carbonyl (C=O) groups is 1. The lowest BCUT2D eigenvalue weighted by Gasteiger charge is -2.30. The Morgan fingerprint density at radius 2 is 1.81 bits per heavy atom. The third-order valence-electron chi connectivity index (χ3n) is 5.22. The van der Waals surface area contributed by atoms with E-state index in [1.165, 1.54) is 12.8 Å². The van der Waals surface area contributed by atoms with E-state index in [2.05, 4.69) is 6.92 Å². The van der Waals surface area contributed by atoms with Crippen LogP contribution in [-0.2, 0) is 6.54 Å². The standard InChI is InChI=1S/C22H27NO3/c1-15-5-8-19(13-21(15)26-4)22(24)23(16(2)18-9-10-18)14-17-6-11-20(25-3)12-7-17/h5-8,11-13,16,18H,9-10,14H2,1-4H3. The predicted molar refractivity (Wildman–Crippen MR) is 103 cm³/mol. The van der Waals surface area contributed by atoms with Crippen molar-refractivity contribution in [2.24, 2.45) is 5.92 Å². The summed E-state index contributed by atoms with van der Waals surface area (Å²) in [6.45, 7) is 4.73. The quantitative estimate of drug-likeness (QED) is 0.738. The fraction of sp³-hybridized carbons (Fsp3) is 0.409. The molecule has 1 saturated carbocycles. The number of carbonyl (C=O) groups excluding carboxylic acids is 1. The summed E-state index contributed by atoms with van der Waals surface area (Å²) in [4.78, 5) is 15.3. The summed E-state index contributed by atoms with van der Waals surface area (Å²) < 4.78 is 10.6. The molecular formula is C22H27NO3. The van der Waals surface area contributed by atoms with Crippen LogP contribution >= 0.6 is 0 Å². The first kappa shape index (κ1) is 18.3. The van der Waals surface area contributed by atoms with Gasteiger partial charge in [0.15, 0.2) is 0 Å². The molecule has 0 aliphatic heterocycles. The van der Waals surface area contributed by atoms with E-state index in [1.807, 2.05) is 54.3 Å². The molecule has 26 heavy (non-hydrogen) atoms. The molecule has 0 aromatic heterocycles. The van der Waals surface area contributed by atoms with E-state index in [1.54, 1.807) is 14.2 Å². The van der Waals surface area contributed by atoms with Crippen molar-refractivity contribution in [1.82, 2.24) is 4.90 Å². The second-order valence-electron chi connectivity index (χ2n) is 7.04. The van der Waals surface area contributed by atoms with Crippen LogP contribution in [0, 0.1) is 12.8 Å². The van der Waals surface area contributed by atoms with Crippen molar-refractivity contribution in [3.8, 4) is 11.5 Å². The lowest BCUT2D eigenvalue weighted by Crippen LogP contribution is -2.39. The van der Waals surface area contributed by atoms with E-state index in [0.717, 1.165) is 22.6 Å². The van der Waals surface area contributed by atoms with E-state index >= 15 is 0 Å². The molecular weight excluding hydrogens is 326 g/mol. The summed E-state index contributed by atoms with van der Waals surface area (Å²) in [5, 5.41) is 0. The summed E-state index contributed by atoms with van der Waals surface area (Å²) in [5.74, 6) is 2.23. The Balaban J connectivity index is 1.86. The van der Waals surface area contributed by atoms with E-state index < -0.39 is 0 Å². The van der Waals surface area contributed by atoms with E-state index in [4.69, 9.17) is 9.47 Å². The van der Waals surface area contributed by atoms with Crippen LogP contribution in [0.4, 0.5) is 0 Å². The molecule has 4 heteroatoms. The van der Waals surface area contributed by atoms with Gasteiger partial charge in [-0.1, -0.05) is 18.2 Å². The average molecular weight is 353 g/mol. The fourth-order valence-electron chi connectivity index (χ4n) is 3.28. The van der Waals surface area contributed by atoms with Crippen LogP contribution in [0.5, 0.6) is 11.5 Å². The van der Waals surface area contributed by atoms with Gasteiger partial charge in [0.1, 0.15) is 11.5 Å². The van der Waals surface area contributed by atoms with Gasteiger partial charge < -0.3 is 14.4 Å². The summed E-state index contributed by atoms with van der Waals surface area (Å²) >= 11 is 0. The SMILES string of the molecule is COc1ccc(CN(C(=O)c2ccc(C)c(OC)c2)C(C)C2CC2)cc1. The maximum atomic E-state index is 13.3. The molecule has 4 nitrogen and oxygen atoms in total. The minimum atomic E-state index is 0.0542. The number of rotatable bonds is 7. The minimum Gasteiger partial charge on any atom is -0.497 e. The number of benzene rings is 2. The number of nitrogens with zero attached hydrogens (tertiary/aromatic N) is 1. The molecule has 1 aliphatic rings. The monoisotopic (exact) mass is 353 g/mol. The first-order chi connectivity index (χ1) is 12.5. The Bertz CT molecular complexity index is 765. The van der Waals surface area contributed by atoms with Gasteiger partial charge in [0, 0.05) is 18.2 Å². The molecule has 1 unspecified atom stereocenters. The Kier molecular flexibility index (Phi) is 5.50. The zero-order valence-corrected chi connectivity index (χ0v) is 16.0. The van der Waals surface area contributed by atoms with Crippen molar-refractivity contribution in [2.75, 3.05) is 14.2 Å². The number of hydrogen-bond donors (Lipinski definition) is 0. The summed E-state index contributed by atoms with van der Waals surface area (Å²) in [6, 6.07) is 13.8. The molecule has 2 aromatic carbocycles. The predicted octanol–water partition coefficient (Wildman–Crippen LogP) is 4.45. The smallest absolute Gasteiger partial charge is 0.254 e. The second kappa shape index (κ2) is 7.81. The maximum absolute atomic E-state index is 13.3. The molecule has 1 amide bonds. The van der Waals surface area contributed by atoms with Crippen molar-refractivity contribution in [1.29, 1.82) is 0 Å². The van der Waals surface area contributed by atoms with Crippen LogP contribution < -0.4 is 9.47 Å². The van der Waals surface area contributed by atoms with Gasteiger partial charge in [-0.2, -0.15) is 0 Å². The molecule has 0 spiro atoms. The van der Waals surface area contributed by atoms with Crippen molar-refractivity contribution in [3.63, 3.8) is 0 Å². The lowest BCUT2D eigenvalue weighted by molar-refractivity contribution is 0.0654. The van der Waals surface area contributed by atoms with Crippen LogP contribution in [-0.4, -0.2) is 31.1 Å². The highest BCUT2D eigenvalue weighted by Gasteiger charge is 2.34. The first-order valence-electron chi connectivity index (χ1n) is 9.12. The van der Waals surface area contributed by atoms with Crippen LogP contribution in [0.15, 0.2) is 42.5 Å². The van der Waals surface area contributed by atoms with E-state index in [9.17, 15) is 4.79 Å². The zero-order chi connectivity index (χ0) is 18.7. The number of aryl methyl sites for hydroxylation is 1. The number of methoxy groups -OCH3 is 2. The van der Waals surface area contributed by atoms with Crippen molar-refractivity contribution < 1.29 is 14.3 Å². The number of hydrogen-bond acceptors (Lipinski definition) is 3. The minimum absolute atomic E-state index is 0.0542. The van der Waals surface area contributed by atoms with Gasteiger partial charge in [-0.25, -0.2) is 0 Å². The Hall–Kier alpha value is -2.49. The van der Waals surface area contributed by atoms with Crippen LogP contribution in [0.3, 0.4) is 0 Å². The number of ether oxygens (including phenoxy) is 2. The van der Waals surface area contributed by atoms with Crippen molar-refractivity contribution in [2.45, 2.75) is 39.3 Å². The second-order valence-corrected chi connectivity index (χ2v) is 7.04. The molecule has 0 bridgehead atoms. The van der Waals surface area contributed by atoms with Gasteiger partial charge in [0.2, 0.25) is 0 Å². The molecule has 0 radical (unpaired) electrons. The van der Waals surface area contributed by atoms with Crippen molar-refractivity contribution in [3.05, 3.63) is 59.2 Å². The van der Waals surface area contributed by atoms with Gasteiger partial charge >= 0.3 is 0 Å². The molecule has 1 atom stereocenters. The summed E-state index contributed by atoms with van der Waals surface area (Å²) in [6.07, 6.45) is 2.40. The lowest BCUT2D eigenvalue weighted by atomic mass is 10.1. The molecule has 0 N–H and O–H groups in total. The maximum Gasteiger partial charge on any atom is 0.254 e. The highest BCUT2D eigenvalue weighted by Crippen LogP contribution is 2.36. The van der Waals surface area contributed by atoms with Gasteiger partial charge in [0.05, 0.1) is 14.2 Å². The molecule has 0 saturated heterocycles. The highest BCUT2D eigenvalue weighted by atomic mass is 16.5. The summed E-state index contributed by atoms with van der Waals surface area (Å²) in [7, 11) is 3.29. The van der Waals surface area contributed by atoms with Gasteiger partial charge in [-0.05, 0) is 68.0 Å². The molecule has 3 rings (SSSR count). The Morgan fingerprint density at radius 3 is 2.38 bits per heavy atom. The van der Waals surface area contributed by atoms with Gasteiger partial charge in [-0.3, -0.25) is 4.79 Å². The van der Waals surface area contributed by atoms with Gasteiger partial charge in [0.25, 0.3) is 5.91 Å². The molecule has 1 aliphatic carbocycles. The number of amides is 1.